The highest BCUT2D eigenvalue weighted by Crippen LogP contribution is 2.28. The second-order valence-electron chi connectivity index (χ2n) is 5.53. The van der Waals surface area contributed by atoms with Crippen molar-refractivity contribution in [2.24, 2.45) is 5.92 Å². The van der Waals surface area contributed by atoms with Crippen LogP contribution in [0, 0.1) is 11.7 Å². The molecular formula is C15H21BrFN. The van der Waals surface area contributed by atoms with Crippen LogP contribution in [0.15, 0.2) is 16.6 Å². The summed E-state index contributed by atoms with van der Waals surface area (Å²) in [6.45, 7) is 6.43. The monoisotopic (exact) mass is 313 g/mol. The summed E-state index contributed by atoms with van der Waals surface area (Å²) in [4.78, 5) is 0. The summed E-state index contributed by atoms with van der Waals surface area (Å²) in [6.07, 6.45) is 3.18. The first kappa shape index (κ1) is 14.0. The van der Waals surface area contributed by atoms with Crippen LogP contribution in [0.4, 0.5) is 4.39 Å². The van der Waals surface area contributed by atoms with Gasteiger partial charge in [-0.2, -0.15) is 0 Å². The number of hydrogen-bond acceptors (Lipinski definition) is 1. The van der Waals surface area contributed by atoms with E-state index in [9.17, 15) is 4.39 Å². The molecule has 0 unspecified atom stereocenters. The molecule has 2 rings (SSSR count). The minimum atomic E-state index is -0.0714. The topological polar surface area (TPSA) is 12.0 Å². The van der Waals surface area contributed by atoms with Crippen LogP contribution in [0.2, 0.25) is 0 Å². The summed E-state index contributed by atoms with van der Waals surface area (Å²) in [5, 5.41) is 3.35. The molecule has 0 aromatic heterocycles. The van der Waals surface area contributed by atoms with Crippen LogP contribution in [0.1, 0.15) is 43.7 Å². The zero-order chi connectivity index (χ0) is 13.1. The number of benzene rings is 1. The van der Waals surface area contributed by atoms with Crippen LogP contribution in [0.25, 0.3) is 0 Å². The zero-order valence-electron chi connectivity index (χ0n) is 11.1. The van der Waals surface area contributed by atoms with Gasteiger partial charge < -0.3 is 5.32 Å². The van der Waals surface area contributed by atoms with Crippen molar-refractivity contribution in [3.8, 4) is 0 Å². The first-order chi connectivity index (χ1) is 8.58. The summed E-state index contributed by atoms with van der Waals surface area (Å²) in [6, 6.07) is 3.96. The molecule has 3 heteroatoms. The quantitative estimate of drug-likeness (QED) is 0.879. The van der Waals surface area contributed by atoms with E-state index in [0.717, 1.165) is 37.9 Å². The smallest absolute Gasteiger partial charge is 0.140 e. The third-order valence-corrected chi connectivity index (χ3v) is 4.34. The van der Waals surface area contributed by atoms with Gasteiger partial charge in [-0.05, 0) is 77.3 Å². The predicted octanol–water partition coefficient (Wildman–Crippen LogP) is 4.25. The Hall–Kier alpha value is -0.410. The summed E-state index contributed by atoms with van der Waals surface area (Å²) >= 11 is 3.34. The molecule has 1 nitrogen and oxygen atoms in total. The van der Waals surface area contributed by atoms with Crippen molar-refractivity contribution in [3.63, 3.8) is 0 Å². The van der Waals surface area contributed by atoms with E-state index in [-0.39, 0.29) is 5.82 Å². The lowest BCUT2D eigenvalue weighted by molar-refractivity contribution is 0.368. The Morgan fingerprint density at radius 1 is 1.33 bits per heavy atom. The van der Waals surface area contributed by atoms with E-state index in [2.05, 4.69) is 35.1 Å². The maximum atomic E-state index is 14.1. The Morgan fingerprint density at radius 3 is 2.61 bits per heavy atom. The second-order valence-corrected chi connectivity index (χ2v) is 6.38. The van der Waals surface area contributed by atoms with E-state index in [0.29, 0.717) is 16.3 Å². The molecule has 0 saturated carbocycles. The fourth-order valence-electron chi connectivity index (χ4n) is 2.55. The van der Waals surface area contributed by atoms with Gasteiger partial charge in [-0.3, -0.25) is 0 Å². The molecule has 0 amide bonds. The van der Waals surface area contributed by atoms with Gasteiger partial charge in [0.25, 0.3) is 0 Å². The van der Waals surface area contributed by atoms with Crippen LogP contribution in [0.5, 0.6) is 0 Å². The molecule has 1 aromatic rings. The van der Waals surface area contributed by atoms with Crippen LogP contribution < -0.4 is 5.32 Å². The van der Waals surface area contributed by atoms with Crippen LogP contribution in [0.3, 0.4) is 0 Å². The largest absolute Gasteiger partial charge is 0.317 e. The second kappa shape index (κ2) is 6.16. The molecule has 1 aliphatic heterocycles. The molecule has 100 valence electrons. The van der Waals surface area contributed by atoms with Gasteiger partial charge in [0, 0.05) is 0 Å². The Labute approximate surface area is 117 Å². The van der Waals surface area contributed by atoms with Crippen molar-refractivity contribution in [3.05, 3.63) is 33.5 Å². The SMILES string of the molecule is CC(C)c1cc(Br)c(F)c(CC2CCNCC2)c1. The molecule has 0 radical (unpaired) electrons. The number of hydrogen-bond donors (Lipinski definition) is 1. The van der Waals surface area contributed by atoms with Gasteiger partial charge in [-0.15, -0.1) is 0 Å². The van der Waals surface area contributed by atoms with E-state index < -0.39 is 0 Å². The van der Waals surface area contributed by atoms with Gasteiger partial charge in [0.15, 0.2) is 0 Å². The zero-order valence-corrected chi connectivity index (χ0v) is 12.7. The van der Waals surface area contributed by atoms with Gasteiger partial charge in [-0.25, -0.2) is 4.39 Å². The van der Waals surface area contributed by atoms with E-state index in [1.54, 1.807) is 0 Å². The highest BCUT2D eigenvalue weighted by atomic mass is 79.9. The van der Waals surface area contributed by atoms with E-state index in [1.807, 2.05) is 12.1 Å². The molecule has 0 aliphatic carbocycles. The van der Waals surface area contributed by atoms with Crippen LogP contribution >= 0.6 is 15.9 Å². The minimum Gasteiger partial charge on any atom is -0.317 e. The molecular weight excluding hydrogens is 293 g/mol. The first-order valence-corrected chi connectivity index (χ1v) is 7.55. The van der Waals surface area contributed by atoms with Gasteiger partial charge >= 0.3 is 0 Å². The lowest BCUT2D eigenvalue weighted by Gasteiger charge is -2.23. The lowest BCUT2D eigenvalue weighted by Crippen LogP contribution is -2.28. The molecule has 1 saturated heterocycles. The summed E-state index contributed by atoms with van der Waals surface area (Å²) in [5.41, 5.74) is 2.09. The van der Waals surface area contributed by atoms with E-state index in [1.165, 1.54) is 5.56 Å². The van der Waals surface area contributed by atoms with E-state index in [4.69, 9.17) is 0 Å². The van der Waals surface area contributed by atoms with Crippen LogP contribution in [-0.2, 0) is 6.42 Å². The fourth-order valence-corrected chi connectivity index (χ4v) is 3.07. The van der Waals surface area contributed by atoms with Gasteiger partial charge in [0.2, 0.25) is 0 Å². The Bertz CT molecular complexity index is 411. The average Bonchev–Trinajstić information content (AvgIpc) is 2.35. The number of nitrogens with one attached hydrogen (secondary N) is 1. The molecule has 18 heavy (non-hydrogen) atoms. The minimum absolute atomic E-state index is 0.0714. The highest BCUT2D eigenvalue weighted by Gasteiger charge is 2.18. The molecule has 1 N–H and O–H groups in total. The van der Waals surface area contributed by atoms with Crippen molar-refractivity contribution in [1.29, 1.82) is 0 Å². The van der Waals surface area contributed by atoms with Gasteiger partial charge in [-0.1, -0.05) is 19.9 Å². The average molecular weight is 314 g/mol. The number of rotatable bonds is 3. The standard InChI is InChI=1S/C15H21BrFN/c1-10(2)12-8-13(15(17)14(16)9-12)7-11-3-5-18-6-4-11/h8-11,18H,3-7H2,1-2H3. The van der Waals surface area contributed by atoms with Gasteiger partial charge in [0.1, 0.15) is 5.82 Å². The number of piperidine rings is 1. The summed E-state index contributed by atoms with van der Waals surface area (Å²) in [7, 11) is 0. The normalized spacial score (nSPS) is 17.4. The highest BCUT2D eigenvalue weighted by molar-refractivity contribution is 9.10. The molecule has 1 fully saturated rings. The van der Waals surface area contributed by atoms with Crippen molar-refractivity contribution >= 4 is 15.9 Å². The maximum Gasteiger partial charge on any atom is 0.140 e. The van der Waals surface area contributed by atoms with Crippen molar-refractivity contribution < 1.29 is 4.39 Å². The van der Waals surface area contributed by atoms with E-state index >= 15 is 0 Å². The Kier molecular flexibility index (Phi) is 4.79. The van der Waals surface area contributed by atoms with Crippen molar-refractivity contribution in [2.75, 3.05) is 13.1 Å². The molecule has 0 atom stereocenters. The number of halogens is 2. The van der Waals surface area contributed by atoms with Crippen LogP contribution in [-0.4, -0.2) is 13.1 Å². The summed E-state index contributed by atoms with van der Waals surface area (Å²) < 4.78 is 14.7. The third kappa shape index (κ3) is 3.33. The predicted molar refractivity (Wildman–Crippen MR) is 77.5 cm³/mol. The third-order valence-electron chi connectivity index (χ3n) is 3.76. The lowest BCUT2D eigenvalue weighted by atomic mass is 9.89. The molecule has 1 aromatic carbocycles. The first-order valence-electron chi connectivity index (χ1n) is 6.76. The Morgan fingerprint density at radius 2 is 2.00 bits per heavy atom. The molecule has 0 bridgehead atoms. The Balaban J connectivity index is 2.19. The van der Waals surface area contributed by atoms with Crippen molar-refractivity contribution in [1.82, 2.24) is 5.32 Å². The molecule has 1 aliphatic rings. The molecule has 1 heterocycles. The summed E-state index contributed by atoms with van der Waals surface area (Å²) in [5.74, 6) is 0.988. The molecule has 0 spiro atoms. The maximum absolute atomic E-state index is 14.1. The van der Waals surface area contributed by atoms with Crippen molar-refractivity contribution in [2.45, 2.75) is 39.0 Å². The fraction of sp³-hybridized carbons (Fsp3) is 0.600. The van der Waals surface area contributed by atoms with Gasteiger partial charge in [0.05, 0.1) is 4.47 Å².